The van der Waals surface area contributed by atoms with E-state index in [0.717, 1.165) is 0 Å². The summed E-state index contributed by atoms with van der Waals surface area (Å²) in [6.07, 6.45) is 0. The molecule has 0 radical (unpaired) electrons. The molecule has 1 aromatic rings. The number of aliphatic hydroxyl groups is 1. The Morgan fingerprint density at radius 2 is 1.94 bits per heavy atom. The van der Waals surface area contributed by atoms with Gasteiger partial charge in [-0.25, -0.2) is 0 Å². The van der Waals surface area contributed by atoms with Gasteiger partial charge in [0.05, 0.1) is 20.8 Å². The first kappa shape index (κ1) is 13.8. The lowest BCUT2D eigenvalue weighted by Gasteiger charge is -2.25. The summed E-state index contributed by atoms with van der Waals surface area (Å²) in [5.74, 6) is 1.30. The van der Waals surface area contributed by atoms with Gasteiger partial charge in [0.25, 0.3) is 0 Å². The van der Waals surface area contributed by atoms with Crippen LogP contribution >= 0.6 is 0 Å². The summed E-state index contributed by atoms with van der Waals surface area (Å²) in [5, 5.41) is 10.4. The molecule has 0 fully saturated rings. The van der Waals surface area contributed by atoms with Gasteiger partial charge >= 0.3 is 0 Å². The summed E-state index contributed by atoms with van der Waals surface area (Å²) in [6.45, 7) is 4.36. The predicted molar refractivity (Wildman–Crippen MR) is 65.6 cm³/mol. The Morgan fingerprint density at radius 1 is 1.24 bits per heavy atom. The Bertz CT molecular complexity index is 360. The van der Waals surface area contributed by atoms with Crippen molar-refractivity contribution in [1.82, 2.24) is 0 Å². The second-order valence-corrected chi connectivity index (χ2v) is 3.98. The third kappa shape index (κ3) is 3.35. The van der Waals surface area contributed by atoms with Gasteiger partial charge in [-0.15, -0.1) is 0 Å². The standard InChI is InChI=1S/C13H20O4/c1-5-17-9-13(2,14)11-8-10(15-3)6-7-12(11)16-4/h6-8,14H,5,9H2,1-4H3. The van der Waals surface area contributed by atoms with Crippen molar-refractivity contribution < 1.29 is 19.3 Å². The van der Waals surface area contributed by atoms with Gasteiger partial charge in [-0.1, -0.05) is 0 Å². The molecule has 4 nitrogen and oxygen atoms in total. The van der Waals surface area contributed by atoms with E-state index in [2.05, 4.69) is 0 Å². The molecule has 0 spiro atoms. The van der Waals surface area contributed by atoms with Crippen LogP contribution in [-0.4, -0.2) is 32.5 Å². The first-order valence-electron chi connectivity index (χ1n) is 5.57. The van der Waals surface area contributed by atoms with E-state index in [1.54, 1.807) is 39.3 Å². The average Bonchev–Trinajstić information content (AvgIpc) is 2.35. The van der Waals surface area contributed by atoms with Crippen LogP contribution in [0.1, 0.15) is 19.4 Å². The normalized spacial score (nSPS) is 14.2. The molecule has 1 atom stereocenters. The van der Waals surface area contributed by atoms with Crippen molar-refractivity contribution >= 4 is 0 Å². The maximum absolute atomic E-state index is 10.4. The molecule has 0 saturated carbocycles. The zero-order valence-electron chi connectivity index (χ0n) is 10.8. The molecule has 17 heavy (non-hydrogen) atoms. The molecule has 4 heteroatoms. The molecule has 0 aromatic heterocycles. The van der Waals surface area contributed by atoms with Gasteiger partial charge in [0, 0.05) is 12.2 Å². The number of rotatable bonds is 6. The van der Waals surface area contributed by atoms with Gasteiger partial charge in [0.15, 0.2) is 0 Å². The summed E-state index contributed by atoms with van der Waals surface area (Å²) >= 11 is 0. The SMILES string of the molecule is CCOCC(C)(O)c1cc(OC)ccc1OC. The van der Waals surface area contributed by atoms with E-state index >= 15 is 0 Å². The maximum Gasteiger partial charge on any atom is 0.125 e. The topological polar surface area (TPSA) is 47.9 Å². The van der Waals surface area contributed by atoms with Crippen LogP contribution in [-0.2, 0) is 10.3 Å². The fourth-order valence-corrected chi connectivity index (χ4v) is 1.61. The number of hydrogen-bond acceptors (Lipinski definition) is 4. The van der Waals surface area contributed by atoms with Gasteiger partial charge < -0.3 is 19.3 Å². The quantitative estimate of drug-likeness (QED) is 0.825. The largest absolute Gasteiger partial charge is 0.497 e. The summed E-state index contributed by atoms with van der Waals surface area (Å²) in [6, 6.07) is 5.32. The molecule has 1 rings (SSSR count). The first-order valence-corrected chi connectivity index (χ1v) is 5.57. The molecule has 0 bridgehead atoms. The lowest BCUT2D eigenvalue weighted by Crippen LogP contribution is -2.28. The molecule has 0 aliphatic rings. The molecule has 0 saturated heterocycles. The smallest absolute Gasteiger partial charge is 0.125 e. The van der Waals surface area contributed by atoms with Crippen LogP contribution in [0.25, 0.3) is 0 Å². The Morgan fingerprint density at radius 3 is 2.47 bits per heavy atom. The average molecular weight is 240 g/mol. The Labute approximate surface area is 102 Å². The van der Waals surface area contributed by atoms with Gasteiger partial charge in [0.2, 0.25) is 0 Å². The lowest BCUT2D eigenvalue weighted by atomic mass is 9.95. The molecule has 1 unspecified atom stereocenters. The third-order valence-electron chi connectivity index (χ3n) is 2.57. The highest BCUT2D eigenvalue weighted by Gasteiger charge is 2.27. The van der Waals surface area contributed by atoms with Crippen molar-refractivity contribution in [2.24, 2.45) is 0 Å². The molecule has 0 aliphatic carbocycles. The summed E-state index contributed by atoms with van der Waals surface area (Å²) in [5.41, 5.74) is -0.441. The minimum atomic E-state index is -1.10. The van der Waals surface area contributed by atoms with Crippen LogP contribution in [0.2, 0.25) is 0 Å². The van der Waals surface area contributed by atoms with Crippen molar-refractivity contribution in [3.05, 3.63) is 23.8 Å². The van der Waals surface area contributed by atoms with Crippen molar-refractivity contribution in [2.75, 3.05) is 27.4 Å². The van der Waals surface area contributed by atoms with Crippen LogP contribution < -0.4 is 9.47 Å². The highest BCUT2D eigenvalue weighted by molar-refractivity contribution is 5.43. The zero-order chi connectivity index (χ0) is 12.9. The minimum Gasteiger partial charge on any atom is -0.497 e. The number of ether oxygens (including phenoxy) is 3. The van der Waals surface area contributed by atoms with Crippen molar-refractivity contribution in [1.29, 1.82) is 0 Å². The number of methoxy groups -OCH3 is 2. The fraction of sp³-hybridized carbons (Fsp3) is 0.538. The Kier molecular flexibility index (Phi) is 4.78. The van der Waals surface area contributed by atoms with Crippen molar-refractivity contribution in [2.45, 2.75) is 19.4 Å². The van der Waals surface area contributed by atoms with E-state index in [0.29, 0.717) is 23.7 Å². The van der Waals surface area contributed by atoms with Crippen LogP contribution in [0.3, 0.4) is 0 Å². The van der Waals surface area contributed by atoms with E-state index in [4.69, 9.17) is 14.2 Å². The monoisotopic (exact) mass is 240 g/mol. The Hall–Kier alpha value is -1.26. The van der Waals surface area contributed by atoms with Crippen LogP contribution in [0.5, 0.6) is 11.5 Å². The molecular formula is C13H20O4. The van der Waals surface area contributed by atoms with E-state index < -0.39 is 5.60 Å². The second-order valence-electron chi connectivity index (χ2n) is 3.98. The first-order chi connectivity index (χ1) is 8.05. The maximum atomic E-state index is 10.4. The van der Waals surface area contributed by atoms with Gasteiger partial charge in [-0.2, -0.15) is 0 Å². The predicted octanol–water partition coefficient (Wildman–Crippen LogP) is 1.95. The summed E-state index contributed by atoms with van der Waals surface area (Å²) in [7, 11) is 3.16. The van der Waals surface area contributed by atoms with E-state index in [9.17, 15) is 5.11 Å². The third-order valence-corrected chi connectivity index (χ3v) is 2.57. The second kappa shape index (κ2) is 5.89. The van der Waals surface area contributed by atoms with Crippen LogP contribution in [0.4, 0.5) is 0 Å². The molecule has 96 valence electrons. The van der Waals surface area contributed by atoms with Gasteiger partial charge in [-0.3, -0.25) is 0 Å². The minimum absolute atomic E-state index is 0.215. The molecule has 0 heterocycles. The fourth-order valence-electron chi connectivity index (χ4n) is 1.61. The van der Waals surface area contributed by atoms with Crippen molar-refractivity contribution in [3.63, 3.8) is 0 Å². The molecular weight excluding hydrogens is 220 g/mol. The molecule has 1 N–H and O–H groups in total. The van der Waals surface area contributed by atoms with Gasteiger partial charge in [-0.05, 0) is 32.0 Å². The zero-order valence-corrected chi connectivity index (χ0v) is 10.8. The Balaban J connectivity index is 3.07. The summed E-state index contributed by atoms with van der Waals surface area (Å²) in [4.78, 5) is 0. The van der Waals surface area contributed by atoms with E-state index in [1.165, 1.54) is 0 Å². The lowest BCUT2D eigenvalue weighted by molar-refractivity contribution is -0.0357. The molecule has 0 aliphatic heterocycles. The molecule has 0 amide bonds. The van der Waals surface area contributed by atoms with E-state index in [-0.39, 0.29) is 6.61 Å². The highest BCUT2D eigenvalue weighted by atomic mass is 16.5. The van der Waals surface area contributed by atoms with E-state index in [1.807, 2.05) is 6.92 Å². The summed E-state index contributed by atoms with van der Waals surface area (Å²) < 4.78 is 15.7. The number of benzene rings is 1. The van der Waals surface area contributed by atoms with Crippen LogP contribution in [0.15, 0.2) is 18.2 Å². The molecule has 1 aromatic carbocycles. The highest BCUT2D eigenvalue weighted by Crippen LogP contribution is 2.33. The van der Waals surface area contributed by atoms with Crippen LogP contribution in [0, 0.1) is 0 Å². The van der Waals surface area contributed by atoms with Gasteiger partial charge in [0.1, 0.15) is 17.1 Å². The number of hydrogen-bond donors (Lipinski definition) is 1. The van der Waals surface area contributed by atoms with Crippen molar-refractivity contribution in [3.8, 4) is 11.5 Å².